The van der Waals surface area contributed by atoms with Crippen LogP contribution in [0.4, 0.5) is 0 Å². The van der Waals surface area contributed by atoms with E-state index in [1.165, 1.54) is 24.3 Å². The van der Waals surface area contributed by atoms with Crippen LogP contribution in [-0.2, 0) is 9.84 Å². The Bertz CT molecular complexity index is 707. The van der Waals surface area contributed by atoms with Gasteiger partial charge in [0.2, 0.25) is 15.6 Å². The maximum absolute atomic E-state index is 12.1. The standard InChI is InChI=1S/C14H11NO3S/c15-14(13(16)11-7-3-1-4-8-11)19(17,18)12-9-5-2-6-10-12/h1-10,15H. The minimum absolute atomic E-state index is 0.0516. The lowest BCUT2D eigenvalue weighted by Gasteiger charge is -2.05. The Hall–Kier alpha value is -2.27. The molecule has 4 nitrogen and oxygen atoms in total. The minimum atomic E-state index is -4.05. The Balaban J connectivity index is 2.38. The van der Waals surface area contributed by atoms with Crippen LogP contribution in [0.5, 0.6) is 0 Å². The number of hydrogen-bond donors (Lipinski definition) is 1. The highest BCUT2D eigenvalue weighted by atomic mass is 32.2. The fraction of sp³-hybridized carbons (Fsp3) is 0. The molecule has 0 heterocycles. The van der Waals surface area contributed by atoms with Crippen molar-refractivity contribution in [1.29, 1.82) is 5.41 Å². The number of nitrogens with one attached hydrogen (secondary N) is 1. The summed E-state index contributed by atoms with van der Waals surface area (Å²) in [7, 11) is -4.05. The second-order valence-corrected chi connectivity index (χ2v) is 5.73. The van der Waals surface area contributed by atoms with E-state index >= 15 is 0 Å². The number of carbonyl (C=O) groups is 1. The molecule has 0 saturated heterocycles. The number of carbonyl (C=O) groups excluding carboxylic acids is 1. The summed E-state index contributed by atoms with van der Waals surface area (Å²) in [5, 5.41) is 6.72. The first-order chi connectivity index (χ1) is 9.03. The van der Waals surface area contributed by atoms with Crippen LogP contribution in [0.3, 0.4) is 0 Å². The second kappa shape index (κ2) is 5.16. The van der Waals surface area contributed by atoms with Gasteiger partial charge in [-0.05, 0) is 12.1 Å². The summed E-state index contributed by atoms with van der Waals surface area (Å²) in [5.41, 5.74) is 0.187. The minimum Gasteiger partial charge on any atom is -0.286 e. The summed E-state index contributed by atoms with van der Waals surface area (Å²) in [4.78, 5) is 11.9. The smallest absolute Gasteiger partial charge is 0.227 e. The van der Waals surface area contributed by atoms with E-state index in [-0.39, 0.29) is 10.5 Å². The van der Waals surface area contributed by atoms with Crippen LogP contribution >= 0.6 is 0 Å². The highest BCUT2D eigenvalue weighted by Gasteiger charge is 2.27. The monoisotopic (exact) mass is 273 g/mol. The fourth-order valence-electron chi connectivity index (χ4n) is 1.56. The quantitative estimate of drug-likeness (QED) is 0.529. The number of benzene rings is 2. The summed E-state index contributed by atoms with van der Waals surface area (Å²) < 4.78 is 24.2. The van der Waals surface area contributed by atoms with Crippen molar-refractivity contribution < 1.29 is 13.2 Å². The molecule has 0 aliphatic heterocycles. The van der Waals surface area contributed by atoms with Crippen molar-refractivity contribution in [2.45, 2.75) is 4.90 Å². The molecule has 96 valence electrons. The summed E-state index contributed by atoms with van der Waals surface area (Å²) in [6.45, 7) is 0. The first-order valence-electron chi connectivity index (χ1n) is 5.52. The normalized spacial score (nSPS) is 10.9. The molecule has 2 aromatic rings. The third kappa shape index (κ3) is 2.61. The predicted molar refractivity (Wildman–Crippen MR) is 72.1 cm³/mol. The molecule has 0 radical (unpaired) electrons. The van der Waals surface area contributed by atoms with Gasteiger partial charge in [-0.3, -0.25) is 10.2 Å². The van der Waals surface area contributed by atoms with E-state index < -0.39 is 20.7 Å². The third-order valence-electron chi connectivity index (χ3n) is 2.56. The zero-order chi connectivity index (χ0) is 13.9. The van der Waals surface area contributed by atoms with Gasteiger partial charge in [0.25, 0.3) is 0 Å². The van der Waals surface area contributed by atoms with E-state index in [2.05, 4.69) is 0 Å². The highest BCUT2D eigenvalue weighted by molar-refractivity contribution is 8.08. The second-order valence-electron chi connectivity index (χ2n) is 3.84. The van der Waals surface area contributed by atoms with E-state index in [1.807, 2.05) is 0 Å². The van der Waals surface area contributed by atoms with E-state index in [0.29, 0.717) is 0 Å². The van der Waals surface area contributed by atoms with Crippen LogP contribution in [0.25, 0.3) is 0 Å². The molecule has 0 spiro atoms. The van der Waals surface area contributed by atoms with Gasteiger partial charge in [0.1, 0.15) is 0 Å². The van der Waals surface area contributed by atoms with Crippen molar-refractivity contribution >= 4 is 20.7 Å². The first-order valence-corrected chi connectivity index (χ1v) is 7.00. The van der Waals surface area contributed by atoms with Crippen molar-refractivity contribution in [2.24, 2.45) is 0 Å². The Morgan fingerprint density at radius 1 is 0.842 bits per heavy atom. The van der Waals surface area contributed by atoms with Crippen molar-refractivity contribution in [3.8, 4) is 0 Å². The van der Waals surface area contributed by atoms with Crippen molar-refractivity contribution in [3.05, 3.63) is 66.2 Å². The largest absolute Gasteiger partial charge is 0.286 e. The number of Topliss-reactive ketones (excluding diaryl/α,β-unsaturated/α-hetero) is 1. The molecule has 0 unspecified atom stereocenters. The summed E-state index contributed by atoms with van der Waals surface area (Å²) >= 11 is 0. The average molecular weight is 273 g/mol. The van der Waals surface area contributed by atoms with Crippen LogP contribution in [-0.4, -0.2) is 19.2 Å². The van der Waals surface area contributed by atoms with Crippen LogP contribution in [0.1, 0.15) is 10.4 Å². The van der Waals surface area contributed by atoms with E-state index in [4.69, 9.17) is 5.41 Å². The number of rotatable bonds is 3. The van der Waals surface area contributed by atoms with Gasteiger partial charge >= 0.3 is 0 Å². The summed E-state index contributed by atoms with van der Waals surface area (Å²) in [5.74, 6) is -0.801. The molecular formula is C14H11NO3S. The lowest BCUT2D eigenvalue weighted by molar-refractivity contribution is 0.106. The van der Waals surface area contributed by atoms with Crippen LogP contribution < -0.4 is 0 Å². The predicted octanol–water partition coefficient (Wildman–Crippen LogP) is 2.32. The van der Waals surface area contributed by atoms with Gasteiger partial charge in [-0.1, -0.05) is 48.5 Å². The molecule has 0 fully saturated rings. The van der Waals surface area contributed by atoms with Crippen molar-refractivity contribution in [1.82, 2.24) is 0 Å². The molecule has 2 aromatic carbocycles. The topological polar surface area (TPSA) is 75.1 Å². The average Bonchev–Trinajstić information content (AvgIpc) is 2.47. The Labute approximate surface area is 111 Å². The molecular weight excluding hydrogens is 262 g/mol. The third-order valence-corrected chi connectivity index (χ3v) is 4.18. The molecule has 1 N–H and O–H groups in total. The molecule has 19 heavy (non-hydrogen) atoms. The van der Waals surface area contributed by atoms with Gasteiger partial charge in [0, 0.05) is 5.56 Å². The van der Waals surface area contributed by atoms with Crippen LogP contribution in [0.15, 0.2) is 65.6 Å². The molecule has 5 heteroatoms. The van der Waals surface area contributed by atoms with Crippen molar-refractivity contribution in [3.63, 3.8) is 0 Å². The number of sulfone groups is 1. The van der Waals surface area contributed by atoms with Crippen molar-refractivity contribution in [2.75, 3.05) is 0 Å². The Morgan fingerprint density at radius 2 is 1.32 bits per heavy atom. The number of hydrogen-bond acceptors (Lipinski definition) is 4. The van der Waals surface area contributed by atoms with E-state index in [1.54, 1.807) is 36.4 Å². The van der Waals surface area contributed by atoms with Gasteiger partial charge in [-0.2, -0.15) is 0 Å². The molecule has 0 bridgehead atoms. The van der Waals surface area contributed by atoms with Crippen LogP contribution in [0, 0.1) is 5.41 Å². The number of ketones is 1. The molecule has 0 aromatic heterocycles. The lowest BCUT2D eigenvalue weighted by Crippen LogP contribution is -2.23. The molecule has 0 atom stereocenters. The van der Waals surface area contributed by atoms with Gasteiger partial charge in [-0.15, -0.1) is 0 Å². The summed E-state index contributed by atoms with van der Waals surface area (Å²) in [6, 6.07) is 15.4. The fourth-order valence-corrected chi connectivity index (χ4v) is 2.67. The van der Waals surface area contributed by atoms with E-state index in [0.717, 1.165) is 0 Å². The molecule has 0 aliphatic carbocycles. The maximum atomic E-state index is 12.1. The van der Waals surface area contributed by atoms with Gasteiger partial charge in [-0.25, -0.2) is 8.42 Å². The Morgan fingerprint density at radius 3 is 1.84 bits per heavy atom. The molecule has 2 rings (SSSR count). The van der Waals surface area contributed by atoms with Gasteiger partial charge in [0.05, 0.1) is 4.90 Å². The first kappa shape index (κ1) is 13.2. The van der Waals surface area contributed by atoms with Gasteiger partial charge < -0.3 is 0 Å². The zero-order valence-electron chi connectivity index (χ0n) is 9.91. The van der Waals surface area contributed by atoms with Crippen LogP contribution in [0.2, 0.25) is 0 Å². The lowest BCUT2D eigenvalue weighted by atomic mass is 10.1. The highest BCUT2D eigenvalue weighted by Crippen LogP contribution is 2.14. The van der Waals surface area contributed by atoms with Gasteiger partial charge in [0.15, 0.2) is 5.04 Å². The maximum Gasteiger partial charge on any atom is 0.227 e. The molecule has 0 aliphatic rings. The Kier molecular flexibility index (Phi) is 3.57. The molecule has 0 saturated carbocycles. The summed E-state index contributed by atoms with van der Waals surface area (Å²) in [6.07, 6.45) is 0. The SMILES string of the molecule is N=C(C(=O)c1ccccc1)S(=O)(=O)c1ccccc1. The zero-order valence-corrected chi connectivity index (χ0v) is 10.7. The van der Waals surface area contributed by atoms with E-state index in [9.17, 15) is 13.2 Å². The molecule has 0 amide bonds.